The number of carbonyl (C=O) groups is 1. The lowest BCUT2D eigenvalue weighted by molar-refractivity contribution is 0.126. The second kappa shape index (κ2) is 11.6. The summed E-state index contributed by atoms with van der Waals surface area (Å²) in [4.78, 5) is 10.9. The maximum absolute atomic E-state index is 10.9. The van der Waals surface area contributed by atoms with E-state index in [1.807, 2.05) is 45.9 Å². The third-order valence-corrected chi connectivity index (χ3v) is 1.63. The number of alkyl carbamates (subject to hydrolysis) is 1. The predicted molar refractivity (Wildman–Crippen MR) is 69.4 cm³/mol. The first-order chi connectivity index (χ1) is 7.65. The topological polar surface area (TPSA) is 38.3 Å². The molecule has 0 saturated heterocycles. The zero-order valence-corrected chi connectivity index (χ0v) is 10.9. The van der Waals surface area contributed by atoms with Gasteiger partial charge in [0.1, 0.15) is 6.10 Å². The van der Waals surface area contributed by atoms with Gasteiger partial charge in [-0.3, -0.25) is 0 Å². The highest BCUT2D eigenvalue weighted by Gasteiger charge is 2.09. The van der Waals surface area contributed by atoms with E-state index in [1.165, 1.54) is 7.05 Å². The fourth-order valence-corrected chi connectivity index (χ4v) is 0.943. The molecular formula is C13H23NO2. The van der Waals surface area contributed by atoms with Crippen LogP contribution in [0.1, 0.15) is 27.7 Å². The minimum atomic E-state index is -0.433. The Bertz CT molecular complexity index is 255. The van der Waals surface area contributed by atoms with E-state index in [4.69, 9.17) is 4.74 Å². The quantitative estimate of drug-likeness (QED) is 0.744. The normalized spacial score (nSPS) is 12.4. The van der Waals surface area contributed by atoms with E-state index in [1.54, 1.807) is 6.08 Å². The van der Waals surface area contributed by atoms with E-state index < -0.39 is 6.09 Å². The SMILES string of the molecule is C=C/C=C(\C=C/C)C(C)OC(=O)NC.CC. The Morgan fingerprint density at radius 1 is 1.44 bits per heavy atom. The van der Waals surface area contributed by atoms with E-state index >= 15 is 0 Å². The Kier molecular flexibility index (Phi) is 12.2. The number of hydrogen-bond donors (Lipinski definition) is 1. The number of amides is 1. The van der Waals surface area contributed by atoms with Crippen LogP contribution in [0.5, 0.6) is 0 Å². The average Bonchev–Trinajstić information content (AvgIpc) is 2.31. The van der Waals surface area contributed by atoms with Crippen molar-refractivity contribution in [3.05, 3.63) is 36.5 Å². The smallest absolute Gasteiger partial charge is 0.407 e. The lowest BCUT2D eigenvalue weighted by Gasteiger charge is -2.13. The molecule has 0 saturated carbocycles. The number of carbonyl (C=O) groups excluding carboxylic acids is 1. The molecule has 3 nitrogen and oxygen atoms in total. The van der Waals surface area contributed by atoms with E-state index in [0.29, 0.717) is 0 Å². The Hall–Kier alpha value is -1.51. The van der Waals surface area contributed by atoms with Crippen molar-refractivity contribution < 1.29 is 9.53 Å². The van der Waals surface area contributed by atoms with Crippen molar-refractivity contribution in [2.24, 2.45) is 0 Å². The van der Waals surface area contributed by atoms with E-state index in [2.05, 4.69) is 11.9 Å². The molecule has 1 amide bonds. The number of allylic oxidation sites excluding steroid dienone is 3. The van der Waals surface area contributed by atoms with Crippen LogP contribution in [0, 0.1) is 0 Å². The average molecular weight is 225 g/mol. The van der Waals surface area contributed by atoms with Crippen LogP contribution in [0.3, 0.4) is 0 Å². The molecule has 1 unspecified atom stereocenters. The van der Waals surface area contributed by atoms with Crippen LogP contribution in [0.4, 0.5) is 4.79 Å². The van der Waals surface area contributed by atoms with Crippen LogP contribution in [0.2, 0.25) is 0 Å². The van der Waals surface area contributed by atoms with Gasteiger partial charge in [-0.05, 0) is 19.4 Å². The summed E-state index contributed by atoms with van der Waals surface area (Å²) in [5.41, 5.74) is 0.908. The molecule has 0 rings (SSSR count). The summed E-state index contributed by atoms with van der Waals surface area (Å²) >= 11 is 0. The van der Waals surface area contributed by atoms with Gasteiger partial charge in [0.2, 0.25) is 0 Å². The summed E-state index contributed by atoms with van der Waals surface area (Å²) in [5.74, 6) is 0. The summed E-state index contributed by atoms with van der Waals surface area (Å²) in [6.07, 6.45) is 6.54. The molecule has 0 aromatic heterocycles. The van der Waals surface area contributed by atoms with Crippen LogP contribution in [0.25, 0.3) is 0 Å². The number of rotatable bonds is 4. The van der Waals surface area contributed by atoms with Crippen molar-refractivity contribution >= 4 is 6.09 Å². The van der Waals surface area contributed by atoms with Gasteiger partial charge < -0.3 is 10.1 Å². The molecule has 0 spiro atoms. The molecule has 3 heteroatoms. The summed E-state index contributed by atoms with van der Waals surface area (Å²) in [6, 6.07) is 0. The van der Waals surface area contributed by atoms with E-state index in [-0.39, 0.29) is 6.10 Å². The van der Waals surface area contributed by atoms with Gasteiger partial charge in [0.05, 0.1) is 0 Å². The molecule has 1 N–H and O–H groups in total. The van der Waals surface area contributed by atoms with E-state index in [9.17, 15) is 4.79 Å². The second-order valence-corrected chi connectivity index (χ2v) is 2.70. The molecule has 92 valence electrons. The summed E-state index contributed by atoms with van der Waals surface area (Å²) < 4.78 is 5.05. The molecule has 0 heterocycles. The van der Waals surface area contributed by atoms with Crippen molar-refractivity contribution in [3.8, 4) is 0 Å². The fraction of sp³-hybridized carbons (Fsp3) is 0.462. The van der Waals surface area contributed by atoms with E-state index in [0.717, 1.165) is 5.57 Å². The zero-order valence-electron chi connectivity index (χ0n) is 10.9. The van der Waals surface area contributed by atoms with Gasteiger partial charge in [-0.15, -0.1) is 0 Å². The van der Waals surface area contributed by atoms with Gasteiger partial charge >= 0.3 is 6.09 Å². The highest BCUT2D eigenvalue weighted by atomic mass is 16.6. The third-order valence-electron chi connectivity index (χ3n) is 1.63. The fourth-order valence-electron chi connectivity index (χ4n) is 0.943. The number of nitrogens with one attached hydrogen (secondary N) is 1. The van der Waals surface area contributed by atoms with Crippen LogP contribution in [-0.4, -0.2) is 19.2 Å². The molecule has 0 aliphatic carbocycles. The standard InChI is InChI=1S/C11H17NO2.C2H6/c1-5-7-10(8-6-2)9(3)14-11(13)12-4;1-2/h5-9H,1H2,2-4H3,(H,12,13);1-2H3/b8-6-,10-7+;. The molecule has 0 fully saturated rings. The van der Waals surface area contributed by atoms with Gasteiger partial charge in [-0.2, -0.15) is 0 Å². The van der Waals surface area contributed by atoms with Crippen molar-refractivity contribution in [2.75, 3.05) is 7.05 Å². The molecule has 0 bridgehead atoms. The molecule has 16 heavy (non-hydrogen) atoms. The predicted octanol–water partition coefficient (Wildman–Crippen LogP) is 3.45. The molecule has 0 aromatic rings. The first-order valence-corrected chi connectivity index (χ1v) is 5.49. The van der Waals surface area contributed by atoms with Crippen LogP contribution < -0.4 is 5.32 Å². The minimum Gasteiger partial charge on any atom is -0.442 e. The van der Waals surface area contributed by atoms with Gasteiger partial charge in [0, 0.05) is 7.05 Å². The van der Waals surface area contributed by atoms with Crippen LogP contribution in [0.15, 0.2) is 36.5 Å². The Labute approximate surface area is 98.9 Å². The Balaban J connectivity index is 0. The first-order valence-electron chi connectivity index (χ1n) is 5.49. The molecule has 0 aromatic carbocycles. The number of ether oxygens (including phenoxy) is 1. The highest BCUT2D eigenvalue weighted by Crippen LogP contribution is 2.08. The van der Waals surface area contributed by atoms with Crippen molar-refractivity contribution in [3.63, 3.8) is 0 Å². The summed E-state index contributed by atoms with van der Waals surface area (Å²) in [6.45, 7) is 11.3. The van der Waals surface area contributed by atoms with Crippen LogP contribution >= 0.6 is 0 Å². The highest BCUT2D eigenvalue weighted by molar-refractivity contribution is 5.67. The van der Waals surface area contributed by atoms with Gasteiger partial charge in [-0.1, -0.05) is 44.7 Å². The zero-order chi connectivity index (χ0) is 13.0. The van der Waals surface area contributed by atoms with Gasteiger partial charge in [0.25, 0.3) is 0 Å². The monoisotopic (exact) mass is 225 g/mol. The maximum Gasteiger partial charge on any atom is 0.407 e. The number of hydrogen-bond acceptors (Lipinski definition) is 2. The first kappa shape index (κ1) is 16.9. The molecule has 1 atom stereocenters. The lowest BCUT2D eigenvalue weighted by Crippen LogP contribution is -2.25. The minimum absolute atomic E-state index is 0.274. The van der Waals surface area contributed by atoms with Gasteiger partial charge in [0.15, 0.2) is 0 Å². The molecule has 0 aliphatic rings. The second-order valence-electron chi connectivity index (χ2n) is 2.70. The Morgan fingerprint density at radius 2 is 2.00 bits per heavy atom. The lowest BCUT2D eigenvalue weighted by atomic mass is 10.1. The molecule has 0 aliphatic heterocycles. The van der Waals surface area contributed by atoms with Crippen molar-refractivity contribution in [1.29, 1.82) is 0 Å². The van der Waals surface area contributed by atoms with Crippen molar-refractivity contribution in [2.45, 2.75) is 33.8 Å². The maximum atomic E-state index is 10.9. The summed E-state index contributed by atoms with van der Waals surface area (Å²) in [5, 5.41) is 2.40. The Morgan fingerprint density at radius 3 is 2.38 bits per heavy atom. The summed E-state index contributed by atoms with van der Waals surface area (Å²) in [7, 11) is 1.53. The van der Waals surface area contributed by atoms with Crippen LogP contribution in [-0.2, 0) is 4.74 Å². The van der Waals surface area contributed by atoms with Gasteiger partial charge in [-0.25, -0.2) is 4.79 Å². The molecular weight excluding hydrogens is 202 g/mol. The largest absolute Gasteiger partial charge is 0.442 e. The third kappa shape index (κ3) is 7.85. The molecule has 0 radical (unpaired) electrons. The van der Waals surface area contributed by atoms with Crippen molar-refractivity contribution in [1.82, 2.24) is 5.32 Å².